The Morgan fingerprint density at radius 3 is 2.70 bits per heavy atom. The van der Waals surface area contributed by atoms with E-state index in [4.69, 9.17) is 16.1 Å². The quantitative estimate of drug-likeness (QED) is 0.766. The van der Waals surface area contributed by atoms with E-state index in [-0.39, 0.29) is 11.9 Å². The molecule has 2 heterocycles. The molecule has 0 radical (unpaired) electrons. The predicted molar refractivity (Wildman–Crippen MR) is 86.2 cm³/mol. The third kappa shape index (κ3) is 3.27. The zero-order valence-corrected chi connectivity index (χ0v) is 13.4. The number of halogens is 1. The molecule has 3 aromatic rings. The molecule has 2 N–H and O–H groups in total. The van der Waals surface area contributed by atoms with Gasteiger partial charge in [-0.3, -0.25) is 4.79 Å². The Morgan fingerprint density at radius 2 is 2.04 bits per heavy atom. The molecule has 0 spiro atoms. The molecule has 0 saturated carbocycles. The molecule has 1 amide bonds. The first-order valence-corrected chi connectivity index (χ1v) is 7.47. The maximum Gasteiger partial charge on any atom is 0.257 e. The summed E-state index contributed by atoms with van der Waals surface area (Å²) in [6.07, 6.45) is 1.72. The second kappa shape index (κ2) is 6.26. The number of hydrogen-bond acceptors (Lipinski definition) is 4. The van der Waals surface area contributed by atoms with Crippen molar-refractivity contribution in [2.75, 3.05) is 0 Å². The highest BCUT2D eigenvalue weighted by molar-refractivity contribution is 6.30. The minimum Gasteiger partial charge on any atom is -0.365 e. The molecule has 0 unspecified atom stereocenters. The van der Waals surface area contributed by atoms with Gasteiger partial charge < -0.3 is 14.8 Å². The molecule has 0 aliphatic carbocycles. The number of amides is 1. The smallest absolute Gasteiger partial charge is 0.257 e. The van der Waals surface area contributed by atoms with Crippen LogP contribution in [-0.4, -0.2) is 21.0 Å². The molecule has 7 heteroatoms. The normalized spacial score (nSPS) is 12.1. The van der Waals surface area contributed by atoms with Crippen molar-refractivity contribution < 1.29 is 9.32 Å². The van der Waals surface area contributed by atoms with Crippen molar-refractivity contribution in [2.45, 2.75) is 19.9 Å². The van der Waals surface area contributed by atoms with Crippen molar-refractivity contribution in [2.24, 2.45) is 0 Å². The van der Waals surface area contributed by atoms with E-state index in [1.54, 1.807) is 43.5 Å². The molecule has 1 atom stereocenters. The zero-order valence-electron chi connectivity index (χ0n) is 12.6. The van der Waals surface area contributed by atoms with E-state index in [2.05, 4.69) is 20.4 Å². The first-order chi connectivity index (χ1) is 11.0. The SMILES string of the molecule is Cc1[nH]ccc1C(=O)N[C@@H](C)c1noc(-c2ccc(Cl)cc2)n1. The molecule has 0 fully saturated rings. The Kier molecular flexibility index (Phi) is 4.16. The van der Waals surface area contributed by atoms with Crippen molar-refractivity contribution in [3.05, 3.63) is 58.6 Å². The van der Waals surface area contributed by atoms with Gasteiger partial charge in [0, 0.05) is 22.5 Å². The topological polar surface area (TPSA) is 83.8 Å². The van der Waals surface area contributed by atoms with Crippen LogP contribution in [0.2, 0.25) is 5.02 Å². The van der Waals surface area contributed by atoms with Gasteiger partial charge in [0.1, 0.15) is 0 Å². The van der Waals surface area contributed by atoms with Gasteiger partial charge in [-0.2, -0.15) is 4.98 Å². The molecule has 2 aromatic heterocycles. The van der Waals surface area contributed by atoms with Crippen LogP contribution in [0.15, 0.2) is 41.1 Å². The Morgan fingerprint density at radius 1 is 1.30 bits per heavy atom. The summed E-state index contributed by atoms with van der Waals surface area (Å²) in [5, 5.41) is 7.41. The van der Waals surface area contributed by atoms with Crippen LogP contribution in [-0.2, 0) is 0 Å². The van der Waals surface area contributed by atoms with Crippen molar-refractivity contribution in [3.8, 4) is 11.5 Å². The first kappa shape index (κ1) is 15.3. The zero-order chi connectivity index (χ0) is 16.4. The first-order valence-electron chi connectivity index (χ1n) is 7.09. The summed E-state index contributed by atoms with van der Waals surface area (Å²) < 4.78 is 5.25. The molecule has 6 nitrogen and oxygen atoms in total. The number of nitrogens with zero attached hydrogens (tertiary/aromatic N) is 2. The third-order valence-electron chi connectivity index (χ3n) is 3.47. The average molecular weight is 331 g/mol. The number of hydrogen-bond donors (Lipinski definition) is 2. The summed E-state index contributed by atoms with van der Waals surface area (Å²) in [7, 11) is 0. The molecule has 118 valence electrons. The van der Waals surface area contributed by atoms with Gasteiger partial charge in [-0.25, -0.2) is 0 Å². The molecule has 23 heavy (non-hydrogen) atoms. The van der Waals surface area contributed by atoms with Gasteiger partial charge in [0.05, 0.1) is 11.6 Å². The van der Waals surface area contributed by atoms with Gasteiger partial charge in [-0.15, -0.1) is 0 Å². The van der Waals surface area contributed by atoms with Gasteiger partial charge in [0.2, 0.25) is 0 Å². The van der Waals surface area contributed by atoms with E-state index in [0.29, 0.717) is 22.3 Å². The van der Waals surface area contributed by atoms with Crippen molar-refractivity contribution in [3.63, 3.8) is 0 Å². The molecule has 0 saturated heterocycles. The minimum atomic E-state index is -0.374. The summed E-state index contributed by atoms with van der Waals surface area (Å²) in [5.74, 6) is 0.612. The average Bonchev–Trinajstić information content (AvgIpc) is 3.17. The monoisotopic (exact) mass is 330 g/mol. The number of benzene rings is 1. The number of aromatic nitrogens is 3. The fourth-order valence-corrected chi connectivity index (χ4v) is 2.28. The van der Waals surface area contributed by atoms with E-state index in [0.717, 1.165) is 11.3 Å². The van der Waals surface area contributed by atoms with E-state index in [1.807, 2.05) is 6.92 Å². The van der Waals surface area contributed by atoms with Crippen LogP contribution in [0, 0.1) is 6.92 Å². The predicted octanol–water partition coefficient (Wildman–Crippen LogP) is 3.52. The van der Waals surface area contributed by atoms with E-state index in [1.165, 1.54) is 0 Å². The lowest BCUT2D eigenvalue weighted by Crippen LogP contribution is -2.27. The molecular formula is C16H15ClN4O2. The highest BCUT2D eigenvalue weighted by Gasteiger charge is 2.18. The van der Waals surface area contributed by atoms with Gasteiger partial charge in [0.25, 0.3) is 11.8 Å². The number of H-pyrrole nitrogens is 1. The number of aryl methyl sites for hydroxylation is 1. The van der Waals surface area contributed by atoms with Crippen LogP contribution in [0.1, 0.15) is 34.8 Å². The van der Waals surface area contributed by atoms with Crippen molar-refractivity contribution in [1.29, 1.82) is 0 Å². The van der Waals surface area contributed by atoms with Gasteiger partial charge in [0.15, 0.2) is 5.82 Å². The number of carbonyl (C=O) groups excluding carboxylic acids is 1. The summed E-state index contributed by atoms with van der Waals surface area (Å²) in [6.45, 7) is 3.64. The maximum absolute atomic E-state index is 12.2. The van der Waals surface area contributed by atoms with Crippen molar-refractivity contribution in [1.82, 2.24) is 20.4 Å². The lowest BCUT2D eigenvalue weighted by molar-refractivity contribution is 0.0937. The van der Waals surface area contributed by atoms with E-state index < -0.39 is 0 Å². The van der Waals surface area contributed by atoms with Crippen molar-refractivity contribution >= 4 is 17.5 Å². The minimum absolute atomic E-state index is 0.186. The van der Waals surface area contributed by atoms with Gasteiger partial charge in [-0.1, -0.05) is 16.8 Å². The molecule has 0 aliphatic rings. The van der Waals surface area contributed by atoms with Crippen LogP contribution in [0.4, 0.5) is 0 Å². The fraction of sp³-hybridized carbons (Fsp3) is 0.188. The van der Waals surface area contributed by atoms with Crippen LogP contribution in [0.5, 0.6) is 0 Å². The van der Waals surface area contributed by atoms with Gasteiger partial charge >= 0.3 is 0 Å². The Bertz CT molecular complexity index is 823. The summed E-state index contributed by atoms with van der Waals surface area (Å²) in [6, 6.07) is 8.45. The highest BCUT2D eigenvalue weighted by atomic mass is 35.5. The Hall–Kier alpha value is -2.60. The summed E-state index contributed by atoms with van der Waals surface area (Å²) in [5.41, 5.74) is 2.18. The highest BCUT2D eigenvalue weighted by Crippen LogP contribution is 2.21. The lowest BCUT2D eigenvalue weighted by atomic mass is 10.2. The standard InChI is InChI=1S/C16H15ClN4O2/c1-9-13(7-8-18-9)15(22)19-10(2)14-20-16(23-21-14)11-3-5-12(17)6-4-11/h3-8,10,18H,1-2H3,(H,19,22)/t10-/m0/s1. The number of carbonyl (C=O) groups is 1. The van der Waals surface area contributed by atoms with E-state index in [9.17, 15) is 4.79 Å². The Labute approximate surface area is 137 Å². The molecular weight excluding hydrogens is 316 g/mol. The number of rotatable bonds is 4. The molecule has 1 aromatic carbocycles. The largest absolute Gasteiger partial charge is 0.365 e. The number of nitrogens with one attached hydrogen (secondary N) is 2. The van der Waals surface area contributed by atoms with Crippen LogP contribution in [0.3, 0.4) is 0 Å². The van der Waals surface area contributed by atoms with Crippen LogP contribution < -0.4 is 5.32 Å². The van der Waals surface area contributed by atoms with Crippen LogP contribution >= 0.6 is 11.6 Å². The third-order valence-corrected chi connectivity index (χ3v) is 3.72. The van der Waals surface area contributed by atoms with Crippen LogP contribution in [0.25, 0.3) is 11.5 Å². The molecule has 0 bridgehead atoms. The number of aromatic amines is 1. The molecule has 3 rings (SSSR count). The summed E-state index contributed by atoms with van der Waals surface area (Å²) >= 11 is 5.86. The second-order valence-electron chi connectivity index (χ2n) is 5.18. The fourth-order valence-electron chi connectivity index (χ4n) is 2.16. The summed E-state index contributed by atoms with van der Waals surface area (Å²) in [4.78, 5) is 19.5. The Balaban J connectivity index is 1.73. The second-order valence-corrected chi connectivity index (χ2v) is 5.61. The van der Waals surface area contributed by atoms with E-state index >= 15 is 0 Å². The van der Waals surface area contributed by atoms with Gasteiger partial charge in [-0.05, 0) is 44.2 Å². The lowest BCUT2D eigenvalue weighted by Gasteiger charge is -2.09. The maximum atomic E-state index is 12.2. The molecule has 0 aliphatic heterocycles.